The molecule has 5 heteroatoms. The van der Waals surface area contributed by atoms with Crippen LogP contribution in [0.15, 0.2) is 255 Å². The first-order valence-electron chi connectivity index (χ1n) is 38.5. The summed E-state index contributed by atoms with van der Waals surface area (Å²) >= 11 is 0. The van der Waals surface area contributed by atoms with Crippen LogP contribution < -0.4 is 0 Å². The number of nitrogens with zero attached hydrogens (tertiary/aromatic N) is 4. The van der Waals surface area contributed by atoms with Gasteiger partial charge < -0.3 is 18.3 Å². The van der Waals surface area contributed by atoms with Crippen LogP contribution in [0.5, 0.6) is 0 Å². The third-order valence-electron chi connectivity index (χ3n) is 22.1. The van der Waals surface area contributed by atoms with E-state index in [0.717, 1.165) is 59.3 Å². The molecule has 508 valence electrons. The standard InChI is InChI=1S/C97H94N4O/c1-5-9-13-17-25-67-33-51-77(52-34-67)98-89-31-23-21-29-81(89)85-63-87-83-61-75(49-59-91(83)100(95(87)65-93(85)98)79-55-37-69(38-56-79)27-19-15-11-7-3)71-41-45-73(46-42-71)97(102)74-47-43-72(44-48-74)76-50-60-92-84(62-76)88-64-86-82-30-22-24-32-90(82)99(78-53-35-68(36-54-78)26-18-14-10-6-2)94(86)66-96(88)101(92)80-57-39-70(40-58-80)28-20-16-12-8-4/h21-24,29-66H,5-20,25-28H2,1-4H3. The van der Waals surface area contributed by atoms with Crippen molar-refractivity contribution < 1.29 is 4.79 Å². The Hall–Kier alpha value is -10.5. The lowest BCUT2D eigenvalue weighted by Gasteiger charge is -2.12. The summed E-state index contributed by atoms with van der Waals surface area (Å²) in [5.74, 6) is 0.00664. The summed E-state index contributed by atoms with van der Waals surface area (Å²) in [6.45, 7) is 9.12. The molecule has 5 nitrogen and oxygen atoms in total. The van der Waals surface area contributed by atoms with Gasteiger partial charge in [-0.25, -0.2) is 0 Å². The van der Waals surface area contributed by atoms with Gasteiger partial charge in [-0.3, -0.25) is 4.79 Å². The van der Waals surface area contributed by atoms with E-state index in [1.165, 1.54) is 224 Å². The predicted octanol–water partition coefficient (Wildman–Crippen LogP) is 27.1. The molecule has 12 aromatic carbocycles. The van der Waals surface area contributed by atoms with Crippen LogP contribution in [0.2, 0.25) is 0 Å². The van der Waals surface area contributed by atoms with Crippen molar-refractivity contribution >= 4 is 93.0 Å². The molecule has 4 aromatic heterocycles. The molecule has 102 heavy (non-hydrogen) atoms. The second kappa shape index (κ2) is 29.6. The average Bonchev–Trinajstić information content (AvgIpc) is 1.56. The van der Waals surface area contributed by atoms with Crippen LogP contribution >= 0.6 is 0 Å². The summed E-state index contributed by atoms with van der Waals surface area (Å²) < 4.78 is 9.89. The lowest BCUT2D eigenvalue weighted by molar-refractivity contribution is 0.103. The summed E-state index contributed by atoms with van der Waals surface area (Å²) in [5, 5.41) is 9.81. The normalized spacial score (nSPS) is 12.0. The summed E-state index contributed by atoms with van der Waals surface area (Å²) in [6.07, 6.45) is 24.5. The number of ketones is 1. The Labute approximate surface area is 601 Å². The first-order chi connectivity index (χ1) is 50.3. The van der Waals surface area contributed by atoms with Crippen molar-refractivity contribution in [3.8, 4) is 45.0 Å². The summed E-state index contributed by atoms with van der Waals surface area (Å²) in [5.41, 5.74) is 25.5. The fourth-order valence-electron chi connectivity index (χ4n) is 16.5. The van der Waals surface area contributed by atoms with Gasteiger partial charge >= 0.3 is 0 Å². The Balaban J connectivity index is 0.719. The lowest BCUT2D eigenvalue weighted by Crippen LogP contribution is -2.01. The summed E-state index contributed by atoms with van der Waals surface area (Å²) in [6, 6.07) is 95.2. The molecular formula is C97H94N4O. The van der Waals surface area contributed by atoms with E-state index >= 15 is 0 Å². The molecule has 0 N–H and O–H groups in total. The number of rotatable bonds is 28. The van der Waals surface area contributed by atoms with Gasteiger partial charge in [0.05, 0.1) is 44.1 Å². The van der Waals surface area contributed by atoms with Crippen molar-refractivity contribution in [3.63, 3.8) is 0 Å². The van der Waals surface area contributed by atoms with Crippen molar-refractivity contribution in [3.05, 3.63) is 288 Å². The molecule has 0 aliphatic heterocycles. The van der Waals surface area contributed by atoms with E-state index in [-0.39, 0.29) is 5.78 Å². The number of aromatic nitrogens is 4. The fourth-order valence-corrected chi connectivity index (χ4v) is 16.5. The van der Waals surface area contributed by atoms with Crippen LogP contribution in [-0.2, 0) is 25.7 Å². The second-order valence-electron chi connectivity index (χ2n) is 29.0. The second-order valence-corrected chi connectivity index (χ2v) is 29.0. The third kappa shape index (κ3) is 12.9. The minimum Gasteiger partial charge on any atom is -0.309 e. The summed E-state index contributed by atoms with van der Waals surface area (Å²) in [7, 11) is 0. The lowest BCUT2D eigenvalue weighted by atomic mass is 9.96. The highest BCUT2D eigenvalue weighted by Crippen LogP contribution is 2.44. The van der Waals surface area contributed by atoms with Gasteiger partial charge in [0.1, 0.15) is 0 Å². The third-order valence-corrected chi connectivity index (χ3v) is 22.1. The van der Waals surface area contributed by atoms with Gasteiger partial charge in [0.25, 0.3) is 0 Å². The van der Waals surface area contributed by atoms with Gasteiger partial charge in [-0.15, -0.1) is 0 Å². The molecule has 0 radical (unpaired) electrons. The van der Waals surface area contributed by atoms with Crippen molar-refractivity contribution in [2.75, 3.05) is 0 Å². The number of hydrogen-bond donors (Lipinski definition) is 0. The molecule has 0 amide bonds. The van der Waals surface area contributed by atoms with Crippen LogP contribution in [0.3, 0.4) is 0 Å². The molecule has 0 saturated heterocycles. The van der Waals surface area contributed by atoms with E-state index in [2.05, 4.69) is 276 Å². The van der Waals surface area contributed by atoms with E-state index in [0.29, 0.717) is 11.1 Å². The number of carbonyl (C=O) groups excluding carboxylic acids is 1. The van der Waals surface area contributed by atoms with Crippen LogP contribution in [0.4, 0.5) is 0 Å². The van der Waals surface area contributed by atoms with Gasteiger partial charge in [0.2, 0.25) is 0 Å². The van der Waals surface area contributed by atoms with Gasteiger partial charge in [-0.05, 0) is 205 Å². The van der Waals surface area contributed by atoms with E-state index in [4.69, 9.17) is 0 Å². The SMILES string of the molecule is CCCCCCc1ccc(-n2c3ccccc3c3cc4c5cc(-c6ccc(C(=O)c7ccc(-c8ccc9c(c8)c8cc%10c%11ccccc%11n(-c%11ccc(CCCCCC)cc%11)c%10cc8n9-c8ccc(CCCCCC)cc8)cc7)cc6)ccc5n(-c5ccc(CCCCCC)cc5)c4cc32)cc1. The number of para-hydroxylation sites is 2. The molecule has 0 aliphatic carbocycles. The van der Waals surface area contributed by atoms with E-state index in [1.54, 1.807) is 0 Å². The number of carbonyl (C=O) groups is 1. The van der Waals surface area contributed by atoms with Crippen LogP contribution in [0, 0.1) is 0 Å². The molecule has 0 spiro atoms. The molecule has 0 bridgehead atoms. The number of aryl methyl sites for hydroxylation is 4. The summed E-state index contributed by atoms with van der Waals surface area (Å²) in [4.78, 5) is 14.6. The van der Waals surface area contributed by atoms with Crippen LogP contribution in [0.25, 0.3) is 132 Å². The maximum absolute atomic E-state index is 14.6. The zero-order valence-corrected chi connectivity index (χ0v) is 60.1. The Morgan fingerprint density at radius 1 is 0.225 bits per heavy atom. The molecule has 0 atom stereocenters. The number of hydrogen-bond acceptors (Lipinski definition) is 1. The van der Waals surface area contributed by atoms with E-state index in [9.17, 15) is 4.79 Å². The molecule has 0 aliphatic rings. The number of unbranched alkanes of at least 4 members (excludes halogenated alkanes) is 12. The zero-order valence-electron chi connectivity index (χ0n) is 60.1. The molecular weight excluding hydrogens is 1240 g/mol. The van der Waals surface area contributed by atoms with Gasteiger partial charge in [-0.2, -0.15) is 0 Å². The zero-order chi connectivity index (χ0) is 69.0. The first-order valence-corrected chi connectivity index (χ1v) is 38.5. The highest BCUT2D eigenvalue weighted by molar-refractivity contribution is 6.21. The Kier molecular flexibility index (Phi) is 19.2. The number of benzene rings is 12. The molecule has 0 fully saturated rings. The van der Waals surface area contributed by atoms with Crippen molar-refractivity contribution in [2.24, 2.45) is 0 Å². The highest BCUT2D eigenvalue weighted by Gasteiger charge is 2.23. The maximum Gasteiger partial charge on any atom is 0.193 e. The van der Waals surface area contributed by atoms with Gasteiger partial charge in [-0.1, -0.05) is 250 Å². The van der Waals surface area contributed by atoms with Gasteiger partial charge in [0, 0.05) is 77.0 Å². The van der Waals surface area contributed by atoms with E-state index < -0.39 is 0 Å². The van der Waals surface area contributed by atoms with Gasteiger partial charge in [0.15, 0.2) is 5.78 Å². The topological polar surface area (TPSA) is 36.8 Å². The molecule has 16 aromatic rings. The minimum absolute atomic E-state index is 0.00664. The molecule has 0 saturated carbocycles. The molecule has 16 rings (SSSR count). The quantitative estimate of drug-likeness (QED) is 0.0356. The maximum atomic E-state index is 14.6. The van der Waals surface area contributed by atoms with Crippen LogP contribution in [-0.4, -0.2) is 24.1 Å². The van der Waals surface area contributed by atoms with Crippen molar-refractivity contribution in [1.82, 2.24) is 18.3 Å². The Morgan fingerprint density at radius 2 is 0.490 bits per heavy atom. The van der Waals surface area contributed by atoms with Crippen LogP contribution in [0.1, 0.15) is 169 Å². The van der Waals surface area contributed by atoms with Crippen molar-refractivity contribution in [2.45, 2.75) is 156 Å². The van der Waals surface area contributed by atoms with Crippen molar-refractivity contribution in [1.29, 1.82) is 0 Å². The first kappa shape index (κ1) is 66.1. The minimum atomic E-state index is 0.00664. The smallest absolute Gasteiger partial charge is 0.193 e. The molecule has 4 heterocycles. The van der Waals surface area contributed by atoms with E-state index in [1.807, 2.05) is 24.3 Å². The highest BCUT2D eigenvalue weighted by atomic mass is 16.1. The fraction of sp³-hybridized carbons (Fsp3) is 0.247. The predicted molar refractivity (Wildman–Crippen MR) is 436 cm³/mol. The Bertz CT molecular complexity index is 5310. The largest absolute Gasteiger partial charge is 0.309 e. The Morgan fingerprint density at radius 3 is 0.794 bits per heavy atom. The monoisotopic (exact) mass is 1330 g/mol. The average molecular weight is 1330 g/mol. The molecule has 0 unspecified atom stereocenters. The number of fused-ring (bicyclic) bond motifs is 12.